The summed E-state index contributed by atoms with van der Waals surface area (Å²) in [6.07, 6.45) is 4.80. The van der Waals surface area contributed by atoms with Gasteiger partial charge in [0.25, 0.3) is 11.5 Å². The van der Waals surface area contributed by atoms with Gasteiger partial charge in [0.15, 0.2) is 0 Å². The summed E-state index contributed by atoms with van der Waals surface area (Å²) in [5, 5.41) is 5.84. The number of nitrogens with one attached hydrogen (secondary N) is 2. The molecule has 2 aliphatic rings. The number of aryl methyl sites for hydroxylation is 1. The molecule has 0 radical (unpaired) electrons. The quantitative estimate of drug-likeness (QED) is 0.709. The van der Waals surface area contributed by atoms with Crippen LogP contribution in [0.3, 0.4) is 0 Å². The number of rotatable bonds is 3. The Balaban J connectivity index is 1.88. The summed E-state index contributed by atoms with van der Waals surface area (Å²) < 4.78 is 14.7. The van der Waals surface area contributed by atoms with Gasteiger partial charge in [0.1, 0.15) is 41.7 Å². The van der Waals surface area contributed by atoms with Crippen molar-refractivity contribution in [1.29, 1.82) is 0 Å². The summed E-state index contributed by atoms with van der Waals surface area (Å²) in [6, 6.07) is 3.11. The molecule has 27 heavy (non-hydrogen) atoms. The zero-order chi connectivity index (χ0) is 19.2. The number of allylic oxidation sites excluding steroid dienone is 1. The average molecular weight is 370 g/mol. The van der Waals surface area contributed by atoms with Gasteiger partial charge in [-0.05, 0) is 49.5 Å². The van der Waals surface area contributed by atoms with Crippen LogP contribution in [0, 0.1) is 6.92 Å². The fourth-order valence-corrected chi connectivity index (χ4v) is 3.83. The smallest absolute Gasteiger partial charge is 0.277 e. The molecular formula is C18H19FN6O2. The first-order chi connectivity index (χ1) is 12.9. The molecule has 1 unspecified atom stereocenters. The number of alkyl halides is 1. The summed E-state index contributed by atoms with van der Waals surface area (Å²) in [6.45, 7) is 1.16. The number of amides is 1. The topological polar surface area (TPSA) is 115 Å². The fraction of sp³-hybridized carbons (Fsp3) is 0.333. The Hall–Kier alpha value is -3.23. The number of carbonyl (C=O) groups excluding carboxylic acids is 1. The minimum absolute atomic E-state index is 0.256. The number of nitrogens with zero attached hydrogens (tertiary/aromatic N) is 3. The molecular weight excluding hydrogens is 351 g/mol. The molecule has 140 valence electrons. The Kier molecular flexibility index (Phi) is 3.94. The van der Waals surface area contributed by atoms with Gasteiger partial charge in [-0.2, -0.15) is 0 Å². The number of carbonyl (C=O) groups is 1. The molecule has 9 heteroatoms. The SMILES string of the molecule is Cc1cc(Nc2cc(N)ncn2)c(=O)n2c1C(=O)NC21C=C(CF)CCC1. The largest absolute Gasteiger partial charge is 0.384 e. The van der Waals surface area contributed by atoms with Crippen LogP contribution in [0.4, 0.5) is 21.7 Å². The van der Waals surface area contributed by atoms with Crippen LogP contribution in [-0.2, 0) is 5.66 Å². The van der Waals surface area contributed by atoms with Gasteiger partial charge >= 0.3 is 0 Å². The predicted molar refractivity (Wildman–Crippen MR) is 98.5 cm³/mol. The number of hydrogen-bond acceptors (Lipinski definition) is 6. The van der Waals surface area contributed by atoms with Crippen molar-refractivity contribution in [1.82, 2.24) is 19.9 Å². The molecule has 1 spiro atoms. The van der Waals surface area contributed by atoms with Crippen molar-refractivity contribution < 1.29 is 9.18 Å². The molecule has 1 amide bonds. The second kappa shape index (κ2) is 6.19. The van der Waals surface area contributed by atoms with Crippen LogP contribution in [0.25, 0.3) is 0 Å². The molecule has 0 bridgehead atoms. The maximum atomic E-state index is 13.3. The van der Waals surface area contributed by atoms with Gasteiger partial charge in [0.2, 0.25) is 0 Å². The van der Waals surface area contributed by atoms with Crippen LogP contribution >= 0.6 is 0 Å². The Labute approximate surface area is 154 Å². The molecule has 3 heterocycles. The summed E-state index contributed by atoms with van der Waals surface area (Å²) >= 11 is 0. The number of aromatic nitrogens is 3. The molecule has 8 nitrogen and oxygen atoms in total. The molecule has 0 saturated carbocycles. The monoisotopic (exact) mass is 370 g/mol. The second-order valence-corrected chi connectivity index (χ2v) is 6.85. The highest BCUT2D eigenvalue weighted by Crippen LogP contribution is 2.36. The molecule has 4 N–H and O–H groups in total. The van der Waals surface area contributed by atoms with Gasteiger partial charge in [-0.1, -0.05) is 0 Å². The van der Waals surface area contributed by atoms with E-state index in [1.165, 1.54) is 17.0 Å². The highest BCUT2D eigenvalue weighted by atomic mass is 19.1. The van der Waals surface area contributed by atoms with Crippen molar-refractivity contribution in [3.63, 3.8) is 0 Å². The third-order valence-electron chi connectivity index (χ3n) is 4.96. The number of hydrogen-bond donors (Lipinski definition) is 3. The van der Waals surface area contributed by atoms with Crippen molar-refractivity contribution in [2.24, 2.45) is 0 Å². The van der Waals surface area contributed by atoms with Crippen LogP contribution in [0.15, 0.2) is 34.9 Å². The molecule has 1 atom stereocenters. The second-order valence-electron chi connectivity index (χ2n) is 6.85. The maximum Gasteiger partial charge on any atom is 0.277 e. The number of fused-ring (bicyclic) bond motifs is 2. The number of halogens is 1. The van der Waals surface area contributed by atoms with Crippen molar-refractivity contribution >= 4 is 23.2 Å². The lowest BCUT2D eigenvalue weighted by Crippen LogP contribution is -2.47. The third kappa shape index (κ3) is 2.75. The van der Waals surface area contributed by atoms with E-state index in [-0.39, 0.29) is 23.0 Å². The summed E-state index contributed by atoms with van der Waals surface area (Å²) in [5.74, 6) is 0.301. The Morgan fingerprint density at radius 2 is 2.19 bits per heavy atom. The normalized spacial score (nSPS) is 21.0. The van der Waals surface area contributed by atoms with E-state index in [1.54, 1.807) is 19.1 Å². The first-order valence-corrected chi connectivity index (χ1v) is 8.64. The van der Waals surface area contributed by atoms with E-state index in [2.05, 4.69) is 20.6 Å². The molecule has 0 saturated heterocycles. The first kappa shape index (κ1) is 17.2. The summed E-state index contributed by atoms with van der Waals surface area (Å²) in [5.41, 5.74) is 6.01. The Morgan fingerprint density at radius 1 is 1.37 bits per heavy atom. The lowest BCUT2D eigenvalue weighted by molar-refractivity contribution is 0.0931. The van der Waals surface area contributed by atoms with Crippen LogP contribution in [0.5, 0.6) is 0 Å². The summed E-state index contributed by atoms with van der Waals surface area (Å²) in [4.78, 5) is 33.7. The molecule has 0 fully saturated rings. The van der Waals surface area contributed by atoms with Gasteiger partial charge in [0, 0.05) is 6.07 Å². The first-order valence-electron chi connectivity index (χ1n) is 8.64. The minimum atomic E-state index is -1.03. The Morgan fingerprint density at radius 3 is 2.93 bits per heavy atom. The third-order valence-corrected chi connectivity index (χ3v) is 4.96. The molecule has 1 aliphatic heterocycles. The predicted octanol–water partition coefficient (Wildman–Crippen LogP) is 1.75. The number of nitrogen functional groups attached to an aromatic ring is 1. The van der Waals surface area contributed by atoms with E-state index in [4.69, 9.17) is 5.73 Å². The lowest BCUT2D eigenvalue weighted by Gasteiger charge is -2.33. The van der Waals surface area contributed by atoms with E-state index < -0.39 is 12.3 Å². The van der Waals surface area contributed by atoms with E-state index in [0.717, 1.165) is 0 Å². The minimum Gasteiger partial charge on any atom is -0.384 e. The van der Waals surface area contributed by atoms with Crippen molar-refractivity contribution in [2.75, 3.05) is 17.7 Å². The number of anilines is 3. The molecule has 1 aliphatic carbocycles. The van der Waals surface area contributed by atoms with Crippen LogP contribution < -0.4 is 21.9 Å². The molecule has 2 aromatic heterocycles. The lowest BCUT2D eigenvalue weighted by atomic mass is 9.91. The zero-order valence-electron chi connectivity index (χ0n) is 14.8. The van der Waals surface area contributed by atoms with Crippen molar-refractivity contribution in [3.05, 3.63) is 51.7 Å². The van der Waals surface area contributed by atoms with Gasteiger partial charge < -0.3 is 16.4 Å². The van der Waals surface area contributed by atoms with Crippen molar-refractivity contribution in [3.8, 4) is 0 Å². The van der Waals surface area contributed by atoms with Gasteiger partial charge in [0.05, 0.1) is 0 Å². The fourth-order valence-electron chi connectivity index (χ4n) is 3.83. The van der Waals surface area contributed by atoms with Crippen LogP contribution in [0.1, 0.15) is 35.3 Å². The number of pyridine rings is 1. The Bertz CT molecular complexity index is 1030. The maximum absolute atomic E-state index is 13.3. The van der Waals surface area contributed by atoms with E-state index in [9.17, 15) is 14.0 Å². The average Bonchev–Trinajstić information content (AvgIpc) is 2.91. The number of nitrogens with two attached hydrogens (primary N) is 1. The van der Waals surface area contributed by atoms with Crippen molar-refractivity contribution in [2.45, 2.75) is 31.8 Å². The highest BCUT2D eigenvalue weighted by molar-refractivity contribution is 5.97. The summed E-state index contributed by atoms with van der Waals surface area (Å²) in [7, 11) is 0. The standard InChI is InChI=1S/C18H19FN6O2/c1-10-5-12(23-14-6-13(20)21-9-22-14)17(27)25-15(10)16(26)24-18(25)4-2-3-11(7-18)8-19/h5-7,9H,2-4,8H2,1H3,(H,24,26)(H3,20,21,22,23). The zero-order valence-corrected chi connectivity index (χ0v) is 14.8. The molecule has 4 rings (SSSR count). The van der Waals surface area contributed by atoms with Gasteiger partial charge in [-0.15, -0.1) is 0 Å². The van der Waals surface area contributed by atoms with Gasteiger partial charge in [-0.3, -0.25) is 14.2 Å². The van der Waals surface area contributed by atoms with E-state index in [1.807, 2.05) is 0 Å². The van der Waals surface area contributed by atoms with Crippen LogP contribution in [-0.4, -0.2) is 27.1 Å². The molecule has 0 aromatic carbocycles. The molecule has 2 aromatic rings. The van der Waals surface area contributed by atoms with E-state index in [0.29, 0.717) is 41.9 Å². The van der Waals surface area contributed by atoms with E-state index >= 15 is 0 Å². The van der Waals surface area contributed by atoms with Crippen LogP contribution in [0.2, 0.25) is 0 Å². The highest BCUT2D eigenvalue weighted by Gasteiger charge is 2.44. The van der Waals surface area contributed by atoms with Gasteiger partial charge in [-0.25, -0.2) is 14.4 Å².